The fourth-order valence-electron chi connectivity index (χ4n) is 3.38. The monoisotopic (exact) mass is 348 g/mol. The van der Waals surface area contributed by atoms with Crippen LogP contribution in [0.15, 0.2) is 18.2 Å². The van der Waals surface area contributed by atoms with Gasteiger partial charge in [0.05, 0.1) is 5.56 Å². The topological polar surface area (TPSA) is 15.3 Å². The molecule has 1 unspecified atom stereocenters. The van der Waals surface area contributed by atoms with Gasteiger partial charge in [0.1, 0.15) is 0 Å². The second-order valence-electron chi connectivity index (χ2n) is 6.23. The van der Waals surface area contributed by atoms with E-state index in [1.165, 1.54) is 12.1 Å². The van der Waals surface area contributed by atoms with Gasteiger partial charge in [-0.05, 0) is 36.1 Å². The van der Waals surface area contributed by atoms with Crippen molar-refractivity contribution < 1.29 is 13.2 Å². The van der Waals surface area contributed by atoms with E-state index in [1.54, 1.807) is 0 Å². The zero-order valence-electron chi connectivity index (χ0n) is 13.6. The Morgan fingerprint density at radius 3 is 2.48 bits per heavy atom. The average molecular weight is 349 g/mol. The summed E-state index contributed by atoms with van der Waals surface area (Å²) >= 11 is 6.29. The van der Waals surface area contributed by atoms with Crippen molar-refractivity contribution in [2.45, 2.75) is 38.9 Å². The summed E-state index contributed by atoms with van der Waals surface area (Å²) in [5.41, 5.74) is -0.0231. The predicted octanol–water partition coefficient (Wildman–Crippen LogP) is 4.74. The minimum Gasteiger partial charge on any atom is -0.314 e. The van der Waals surface area contributed by atoms with Gasteiger partial charge in [0.25, 0.3) is 0 Å². The smallest absolute Gasteiger partial charge is 0.314 e. The molecule has 2 rings (SSSR count). The lowest BCUT2D eigenvalue weighted by molar-refractivity contribution is -0.137. The lowest BCUT2D eigenvalue weighted by atomic mass is 9.88. The summed E-state index contributed by atoms with van der Waals surface area (Å²) in [6.45, 7) is 7.56. The first kappa shape index (κ1) is 18.6. The van der Waals surface area contributed by atoms with E-state index in [-0.39, 0.29) is 12.0 Å². The number of piperazine rings is 1. The van der Waals surface area contributed by atoms with Gasteiger partial charge in [0.2, 0.25) is 0 Å². The summed E-state index contributed by atoms with van der Waals surface area (Å²) in [7, 11) is 0. The molecule has 0 spiro atoms. The number of alkyl halides is 3. The van der Waals surface area contributed by atoms with Crippen LogP contribution >= 0.6 is 11.6 Å². The number of hydrogen-bond acceptors (Lipinski definition) is 2. The highest BCUT2D eigenvalue weighted by Crippen LogP contribution is 2.39. The highest BCUT2D eigenvalue weighted by molar-refractivity contribution is 6.31. The molecule has 1 saturated heterocycles. The highest BCUT2D eigenvalue weighted by Gasteiger charge is 2.34. The molecule has 1 heterocycles. The minimum atomic E-state index is -4.35. The van der Waals surface area contributed by atoms with Gasteiger partial charge in [-0.1, -0.05) is 31.9 Å². The third-order valence-electron chi connectivity index (χ3n) is 4.47. The van der Waals surface area contributed by atoms with Crippen LogP contribution in [0, 0.1) is 5.92 Å². The molecule has 0 radical (unpaired) electrons. The van der Waals surface area contributed by atoms with Crippen molar-refractivity contribution in [3.8, 4) is 0 Å². The van der Waals surface area contributed by atoms with E-state index in [2.05, 4.69) is 24.1 Å². The molecule has 0 aliphatic carbocycles. The summed E-state index contributed by atoms with van der Waals surface area (Å²) in [5, 5.41) is 3.71. The van der Waals surface area contributed by atoms with Crippen molar-refractivity contribution in [1.29, 1.82) is 0 Å². The van der Waals surface area contributed by atoms with Crippen LogP contribution in [0.5, 0.6) is 0 Å². The second-order valence-corrected chi connectivity index (χ2v) is 6.64. The van der Waals surface area contributed by atoms with Gasteiger partial charge in [-0.15, -0.1) is 0 Å². The van der Waals surface area contributed by atoms with Crippen LogP contribution in [0.4, 0.5) is 13.2 Å². The standard InChI is InChI=1S/C17H24ClF3N2/c1-3-4-12(2)16(23-9-7-22-8-10-23)14-11-13(17(19,20)21)5-6-15(14)18/h5-6,11-12,16,22H,3-4,7-10H2,1-2H3/t12?,16-/m1/s1. The van der Waals surface area contributed by atoms with E-state index in [0.29, 0.717) is 10.6 Å². The molecule has 23 heavy (non-hydrogen) atoms. The Morgan fingerprint density at radius 1 is 1.26 bits per heavy atom. The van der Waals surface area contributed by atoms with Crippen molar-refractivity contribution in [2.24, 2.45) is 5.92 Å². The van der Waals surface area contributed by atoms with Crippen LogP contribution in [-0.4, -0.2) is 31.1 Å². The lowest BCUT2D eigenvalue weighted by Gasteiger charge is -2.39. The summed E-state index contributed by atoms with van der Waals surface area (Å²) in [6.07, 6.45) is -2.39. The van der Waals surface area contributed by atoms with Crippen LogP contribution in [0.1, 0.15) is 43.9 Å². The number of hydrogen-bond donors (Lipinski definition) is 1. The van der Waals surface area contributed by atoms with Gasteiger partial charge in [0.15, 0.2) is 0 Å². The maximum Gasteiger partial charge on any atom is 0.416 e. The minimum absolute atomic E-state index is 0.0770. The first-order chi connectivity index (χ1) is 10.8. The Kier molecular flexibility index (Phi) is 6.34. The molecule has 1 aromatic carbocycles. The molecule has 1 aliphatic rings. The van der Waals surface area contributed by atoms with Crippen molar-refractivity contribution in [2.75, 3.05) is 26.2 Å². The van der Waals surface area contributed by atoms with Crippen LogP contribution < -0.4 is 5.32 Å². The summed E-state index contributed by atoms with van der Waals surface area (Å²) in [5.74, 6) is 0.249. The molecule has 1 fully saturated rings. The molecule has 2 nitrogen and oxygen atoms in total. The van der Waals surface area contributed by atoms with Crippen molar-refractivity contribution in [3.63, 3.8) is 0 Å². The summed E-state index contributed by atoms with van der Waals surface area (Å²) < 4.78 is 39.3. The maximum absolute atomic E-state index is 13.1. The SMILES string of the molecule is CCCC(C)[C@H](c1cc(C(F)(F)F)ccc1Cl)N1CCNCC1. The Bertz CT molecular complexity index is 513. The third-order valence-corrected chi connectivity index (χ3v) is 4.81. The van der Waals surface area contributed by atoms with E-state index in [4.69, 9.17) is 11.6 Å². The van der Waals surface area contributed by atoms with E-state index in [0.717, 1.165) is 45.1 Å². The van der Waals surface area contributed by atoms with E-state index < -0.39 is 11.7 Å². The molecular formula is C17H24ClF3N2. The van der Waals surface area contributed by atoms with Crippen molar-refractivity contribution >= 4 is 11.6 Å². The van der Waals surface area contributed by atoms with E-state index >= 15 is 0 Å². The molecule has 130 valence electrons. The first-order valence-corrected chi connectivity index (χ1v) is 8.53. The number of nitrogens with one attached hydrogen (secondary N) is 1. The Balaban J connectivity index is 2.41. The fraction of sp³-hybridized carbons (Fsp3) is 0.647. The van der Waals surface area contributed by atoms with E-state index in [9.17, 15) is 13.2 Å². The van der Waals surface area contributed by atoms with Gasteiger partial charge in [-0.25, -0.2) is 0 Å². The number of rotatable bonds is 5. The molecule has 2 atom stereocenters. The maximum atomic E-state index is 13.1. The molecule has 1 aromatic rings. The van der Waals surface area contributed by atoms with Gasteiger partial charge in [-0.3, -0.25) is 4.90 Å². The summed E-state index contributed by atoms with van der Waals surface area (Å²) in [6, 6.07) is 3.60. The van der Waals surface area contributed by atoms with E-state index in [1.807, 2.05) is 0 Å². The Labute approximate surface area is 141 Å². The number of halogens is 4. The predicted molar refractivity (Wildman–Crippen MR) is 87.7 cm³/mol. The van der Waals surface area contributed by atoms with Gasteiger partial charge >= 0.3 is 6.18 Å². The number of benzene rings is 1. The van der Waals surface area contributed by atoms with Crippen molar-refractivity contribution in [1.82, 2.24) is 10.2 Å². The van der Waals surface area contributed by atoms with Gasteiger partial charge in [-0.2, -0.15) is 13.2 Å². The van der Waals surface area contributed by atoms with Gasteiger partial charge < -0.3 is 5.32 Å². The summed E-state index contributed by atoms with van der Waals surface area (Å²) in [4.78, 5) is 2.26. The Hall–Kier alpha value is -0.780. The van der Waals surface area contributed by atoms with Crippen LogP contribution in [-0.2, 0) is 6.18 Å². The molecule has 0 amide bonds. The Morgan fingerprint density at radius 2 is 1.91 bits per heavy atom. The first-order valence-electron chi connectivity index (χ1n) is 8.16. The van der Waals surface area contributed by atoms with Crippen LogP contribution in [0.2, 0.25) is 5.02 Å². The quantitative estimate of drug-likeness (QED) is 0.826. The van der Waals surface area contributed by atoms with Crippen LogP contribution in [0.25, 0.3) is 0 Å². The zero-order valence-corrected chi connectivity index (χ0v) is 14.3. The van der Waals surface area contributed by atoms with Crippen molar-refractivity contribution in [3.05, 3.63) is 34.3 Å². The number of nitrogens with zero attached hydrogens (tertiary/aromatic N) is 1. The normalized spacial score (nSPS) is 19.6. The molecule has 0 saturated carbocycles. The molecule has 6 heteroatoms. The molecule has 1 aliphatic heterocycles. The second kappa shape index (κ2) is 7.86. The molecule has 0 bridgehead atoms. The lowest BCUT2D eigenvalue weighted by Crippen LogP contribution is -2.46. The fourth-order valence-corrected chi connectivity index (χ4v) is 3.61. The van der Waals surface area contributed by atoms with Gasteiger partial charge in [0, 0.05) is 37.2 Å². The largest absolute Gasteiger partial charge is 0.416 e. The van der Waals surface area contributed by atoms with Crippen LogP contribution in [0.3, 0.4) is 0 Å². The molecule has 0 aromatic heterocycles. The zero-order chi connectivity index (χ0) is 17.0. The molecular weight excluding hydrogens is 325 g/mol. The average Bonchev–Trinajstić information content (AvgIpc) is 2.49. The highest BCUT2D eigenvalue weighted by atomic mass is 35.5. The molecule has 1 N–H and O–H groups in total. The third kappa shape index (κ3) is 4.61.